The molecule has 0 aromatic carbocycles. The summed E-state index contributed by atoms with van der Waals surface area (Å²) in [4.78, 5) is 23.2. The van der Waals surface area contributed by atoms with Gasteiger partial charge in [0.05, 0.1) is 12.5 Å². The topological polar surface area (TPSA) is 66.4 Å². The summed E-state index contributed by atoms with van der Waals surface area (Å²) in [6.45, 7) is 2.48. The van der Waals surface area contributed by atoms with Gasteiger partial charge in [-0.25, -0.2) is 0 Å². The molecule has 0 aromatic heterocycles. The van der Waals surface area contributed by atoms with Crippen molar-refractivity contribution in [3.05, 3.63) is 12.2 Å². The number of hydrogen-bond acceptors (Lipinski definition) is 4. The van der Waals surface area contributed by atoms with Gasteiger partial charge in [0.15, 0.2) is 0 Å². The van der Waals surface area contributed by atoms with E-state index in [9.17, 15) is 14.7 Å². The molecule has 144 valence electrons. The summed E-state index contributed by atoms with van der Waals surface area (Å²) < 4.78 is 5.31. The number of aliphatic carboxylic acids is 1. The fraction of sp³-hybridized carbons (Fsp3) is 0.810. The summed E-state index contributed by atoms with van der Waals surface area (Å²) in [7, 11) is 0. The molecular weight excluding hydrogens is 339 g/mol. The summed E-state index contributed by atoms with van der Waals surface area (Å²) >= 11 is 0. The summed E-state index contributed by atoms with van der Waals surface area (Å²) in [6, 6.07) is 0. The van der Waals surface area contributed by atoms with Crippen molar-refractivity contribution in [1.29, 1.82) is 0 Å². The van der Waals surface area contributed by atoms with Crippen LogP contribution in [0.2, 0.25) is 0 Å². The van der Waals surface area contributed by atoms with E-state index in [4.69, 9.17) is 4.74 Å². The van der Waals surface area contributed by atoms with Gasteiger partial charge in [-0.15, -0.1) is 0 Å². The third-order valence-corrected chi connectivity index (χ3v) is 5.12. The van der Waals surface area contributed by atoms with Crippen molar-refractivity contribution < 1.29 is 49.0 Å². The average Bonchev–Trinajstić information content (AvgIpc) is 2.62. The Bertz CT molecular complexity index is 409. The van der Waals surface area contributed by atoms with Gasteiger partial charge in [0.2, 0.25) is 0 Å². The van der Waals surface area contributed by atoms with Crippen LogP contribution in [0.1, 0.15) is 90.4 Å². The Hall–Kier alpha value is -0.320. The zero-order chi connectivity index (χ0) is 18.3. The van der Waals surface area contributed by atoms with Crippen LogP contribution < -0.4 is 34.7 Å². The second-order valence-corrected chi connectivity index (χ2v) is 7.17. The maximum Gasteiger partial charge on any atom is 1.00 e. The number of carboxylic acids is 1. The minimum absolute atomic E-state index is 0. The van der Waals surface area contributed by atoms with Gasteiger partial charge in [0, 0.05) is 11.9 Å². The Morgan fingerprint density at radius 2 is 1.46 bits per heavy atom. The van der Waals surface area contributed by atoms with Crippen molar-refractivity contribution in [3.63, 3.8) is 0 Å². The molecule has 0 saturated heterocycles. The van der Waals surface area contributed by atoms with Gasteiger partial charge in [0.1, 0.15) is 0 Å². The number of unbranched alkanes of at least 4 members (excludes halogenated alkanes) is 8. The van der Waals surface area contributed by atoms with Crippen molar-refractivity contribution in [3.8, 4) is 0 Å². The van der Waals surface area contributed by atoms with Gasteiger partial charge < -0.3 is 14.6 Å². The van der Waals surface area contributed by atoms with Crippen LogP contribution in [0.25, 0.3) is 0 Å². The average molecular weight is 374 g/mol. The largest absolute Gasteiger partial charge is 1.00 e. The Balaban J connectivity index is 0.00000625. The monoisotopic (exact) mass is 374 g/mol. The van der Waals surface area contributed by atoms with Gasteiger partial charge in [-0.1, -0.05) is 63.5 Å². The molecule has 0 aliphatic heterocycles. The summed E-state index contributed by atoms with van der Waals surface area (Å²) in [5.74, 6) is -2.60. The molecule has 1 aliphatic rings. The van der Waals surface area contributed by atoms with Crippen molar-refractivity contribution in [2.24, 2.45) is 11.8 Å². The molecule has 5 heteroatoms. The molecule has 26 heavy (non-hydrogen) atoms. The molecule has 1 saturated carbocycles. The van der Waals surface area contributed by atoms with Crippen LogP contribution in [0.3, 0.4) is 0 Å². The fourth-order valence-electron chi connectivity index (χ4n) is 3.57. The summed E-state index contributed by atoms with van der Waals surface area (Å²) in [6.07, 6.45) is 18.0. The predicted molar refractivity (Wildman–Crippen MR) is 97.8 cm³/mol. The number of carbonyl (C=O) groups excluding carboxylic acids is 2. The van der Waals surface area contributed by atoms with Crippen molar-refractivity contribution in [1.82, 2.24) is 0 Å². The summed E-state index contributed by atoms with van der Waals surface area (Å²) in [5.41, 5.74) is 0. The minimum atomic E-state index is -1.10. The van der Waals surface area contributed by atoms with Gasteiger partial charge in [-0.2, -0.15) is 0 Å². The number of allylic oxidation sites excluding steroid dienone is 2. The fourth-order valence-corrected chi connectivity index (χ4v) is 3.57. The molecule has 0 amide bonds. The zero-order valence-corrected chi connectivity index (χ0v) is 18.8. The van der Waals surface area contributed by atoms with Gasteiger partial charge in [-0.3, -0.25) is 4.79 Å². The van der Waals surface area contributed by atoms with E-state index in [0.717, 1.165) is 25.7 Å². The molecule has 0 N–H and O–H groups in total. The molecule has 1 aliphatic carbocycles. The van der Waals surface area contributed by atoms with E-state index in [2.05, 4.69) is 19.1 Å². The van der Waals surface area contributed by atoms with Gasteiger partial charge >= 0.3 is 35.5 Å². The van der Waals surface area contributed by atoms with Crippen LogP contribution in [-0.2, 0) is 14.3 Å². The molecule has 1 fully saturated rings. The molecule has 0 spiro atoms. The molecule has 0 heterocycles. The maximum atomic E-state index is 12.1. The van der Waals surface area contributed by atoms with Crippen molar-refractivity contribution >= 4 is 11.9 Å². The van der Waals surface area contributed by atoms with Crippen molar-refractivity contribution in [2.75, 3.05) is 6.61 Å². The number of ether oxygens (including phenoxy) is 1. The molecule has 2 unspecified atom stereocenters. The molecular formula is C21H35NaO4. The summed E-state index contributed by atoms with van der Waals surface area (Å²) in [5, 5.41) is 11.1. The van der Waals surface area contributed by atoms with E-state index < -0.39 is 17.8 Å². The number of hydrogen-bond donors (Lipinski definition) is 0. The van der Waals surface area contributed by atoms with Crippen LogP contribution in [0.15, 0.2) is 12.2 Å². The SMILES string of the molecule is C/C=C/CCCCCCCCCCOC(=O)C1CCCCC1C(=O)[O-].[Na+]. The third kappa shape index (κ3) is 11.4. The molecule has 1 rings (SSSR count). The number of carboxylic acid groups (broad SMARTS) is 1. The van der Waals surface area contributed by atoms with E-state index in [1.165, 1.54) is 44.9 Å². The second kappa shape index (κ2) is 16.8. The third-order valence-electron chi connectivity index (χ3n) is 5.12. The normalized spacial score (nSPS) is 19.9. The predicted octanol–water partition coefficient (Wildman–Crippen LogP) is 1.18. The molecule has 0 radical (unpaired) electrons. The van der Waals surface area contributed by atoms with E-state index >= 15 is 0 Å². The number of esters is 1. The minimum Gasteiger partial charge on any atom is -0.550 e. The van der Waals surface area contributed by atoms with E-state index in [0.29, 0.717) is 19.4 Å². The molecule has 0 bridgehead atoms. The van der Waals surface area contributed by atoms with Crippen LogP contribution in [0, 0.1) is 11.8 Å². The Morgan fingerprint density at radius 3 is 2.04 bits per heavy atom. The first-order valence-electron chi connectivity index (χ1n) is 10.2. The second-order valence-electron chi connectivity index (χ2n) is 7.17. The quantitative estimate of drug-likeness (QED) is 0.210. The van der Waals surface area contributed by atoms with Crippen LogP contribution in [0.5, 0.6) is 0 Å². The first-order valence-corrected chi connectivity index (χ1v) is 10.2. The smallest absolute Gasteiger partial charge is 0.550 e. The number of rotatable bonds is 13. The number of carbonyl (C=O) groups is 2. The Labute approximate surface area is 181 Å². The first-order chi connectivity index (χ1) is 12.2. The molecule has 0 aromatic rings. The molecule has 2 atom stereocenters. The van der Waals surface area contributed by atoms with E-state index in [1.807, 2.05) is 0 Å². The van der Waals surface area contributed by atoms with Crippen molar-refractivity contribution in [2.45, 2.75) is 90.4 Å². The van der Waals surface area contributed by atoms with Crippen LogP contribution >= 0.6 is 0 Å². The Morgan fingerprint density at radius 1 is 0.923 bits per heavy atom. The Kier molecular flexibility index (Phi) is 16.6. The van der Waals surface area contributed by atoms with Gasteiger partial charge in [-0.05, 0) is 39.0 Å². The zero-order valence-electron chi connectivity index (χ0n) is 16.8. The standard InChI is InChI=1S/C21H36O4.Na/c1-2-3-4-5-6-7-8-9-10-11-14-17-25-21(24)19-16-13-12-15-18(19)20(22)23;/h2-3,18-19H,4-17H2,1H3,(H,22,23);/q;+1/p-1/b3-2+;. The van der Waals surface area contributed by atoms with Crippen LogP contribution in [-0.4, -0.2) is 18.5 Å². The first kappa shape index (κ1) is 25.7. The van der Waals surface area contributed by atoms with Crippen LogP contribution in [0.4, 0.5) is 0 Å². The van der Waals surface area contributed by atoms with E-state index in [-0.39, 0.29) is 35.5 Å². The molecule has 4 nitrogen and oxygen atoms in total. The van der Waals surface area contributed by atoms with E-state index in [1.54, 1.807) is 0 Å². The maximum absolute atomic E-state index is 12.1. The van der Waals surface area contributed by atoms with Gasteiger partial charge in [0.25, 0.3) is 0 Å².